The molecular weight excluding hydrogens is 392 g/mol. The number of hydrogen-bond donors (Lipinski definition) is 0. The first-order valence-electron chi connectivity index (χ1n) is 10.1. The molecule has 0 aliphatic heterocycles. The Kier molecular flexibility index (Phi) is 9.30. The van der Waals surface area contributed by atoms with Crippen molar-refractivity contribution in [2.24, 2.45) is 0 Å². The van der Waals surface area contributed by atoms with Gasteiger partial charge in [0.2, 0.25) is 0 Å². The molecule has 0 amide bonds. The predicted octanol–water partition coefficient (Wildman–Crippen LogP) is 5.67. The molecule has 0 N–H and O–H groups in total. The van der Waals surface area contributed by atoms with Crippen LogP contribution in [-0.2, 0) is 14.3 Å². The maximum Gasteiger partial charge on any atom is 0.338 e. The molecule has 0 aromatic heterocycles. The largest absolute Gasteiger partial charge is 0.493 e. The molecule has 2 aromatic carbocycles. The quantitative estimate of drug-likeness (QED) is 0.154. The van der Waals surface area contributed by atoms with Crippen molar-refractivity contribution in [1.29, 1.82) is 0 Å². The van der Waals surface area contributed by atoms with Crippen molar-refractivity contribution in [3.63, 3.8) is 0 Å². The summed E-state index contributed by atoms with van der Waals surface area (Å²) >= 11 is 0. The summed E-state index contributed by atoms with van der Waals surface area (Å²) in [6.07, 6.45) is 5.40. The molecule has 0 heterocycles. The van der Waals surface area contributed by atoms with E-state index in [1.165, 1.54) is 0 Å². The van der Waals surface area contributed by atoms with Gasteiger partial charge in [0.1, 0.15) is 11.5 Å². The van der Waals surface area contributed by atoms with Gasteiger partial charge in [-0.2, -0.15) is 0 Å². The van der Waals surface area contributed by atoms with E-state index in [0.29, 0.717) is 36.5 Å². The number of carbonyl (C=O) groups excluding carboxylic acids is 2. The number of esters is 2. The predicted molar refractivity (Wildman–Crippen MR) is 122 cm³/mol. The van der Waals surface area contributed by atoms with E-state index in [2.05, 4.69) is 13.2 Å². The average Bonchev–Trinajstić information content (AvgIpc) is 2.76. The molecule has 5 heteroatoms. The molecule has 0 aliphatic carbocycles. The molecule has 31 heavy (non-hydrogen) atoms. The first-order chi connectivity index (χ1) is 14.9. The second-order valence-corrected chi connectivity index (χ2v) is 7.03. The summed E-state index contributed by atoms with van der Waals surface area (Å²) in [5, 5.41) is 0. The lowest BCUT2D eigenvalue weighted by Gasteiger charge is -2.08. The first kappa shape index (κ1) is 23.7. The van der Waals surface area contributed by atoms with Crippen LogP contribution >= 0.6 is 0 Å². The summed E-state index contributed by atoms with van der Waals surface area (Å²) in [6, 6.07) is 15.1. The molecule has 0 aliphatic rings. The number of carbonyl (C=O) groups is 2. The van der Waals surface area contributed by atoms with Crippen LogP contribution in [0.25, 0.3) is 11.1 Å². The second kappa shape index (κ2) is 12.2. The van der Waals surface area contributed by atoms with Crippen molar-refractivity contribution >= 4 is 11.9 Å². The van der Waals surface area contributed by atoms with E-state index in [1.54, 1.807) is 26.0 Å². The molecule has 0 saturated heterocycles. The molecule has 162 valence electrons. The fraction of sp³-hybridized carbons (Fsp3) is 0.231. The summed E-state index contributed by atoms with van der Waals surface area (Å²) in [7, 11) is 0. The van der Waals surface area contributed by atoms with Gasteiger partial charge >= 0.3 is 11.9 Å². The zero-order valence-corrected chi connectivity index (χ0v) is 18.1. The maximum atomic E-state index is 11.6. The van der Waals surface area contributed by atoms with Gasteiger partial charge in [0.05, 0.1) is 13.2 Å². The Morgan fingerprint density at radius 2 is 1.23 bits per heavy atom. The number of benzene rings is 2. The van der Waals surface area contributed by atoms with Crippen LogP contribution in [0.4, 0.5) is 0 Å². The molecule has 0 unspecified atom stereocenters. The zero-order valence-electron chi connectivity index (χ0n) is 18.1. The number of ether oxygens (including phenoxy) is 3. The third kappa shape index (κ3) is 8.34. The molecule has 0 radical (unpaired) electrons. The van der Waals surface area contributed by atoms with Gasteiger partial charge in [0.25, 0.3) is 0 Å². The van der Waals surface area contributed by atoms with Gasteiger partial charge in [-0.1, -0.05) is 49.6 Å². The van der Waals surface area contributed by atoms with Crippen LogP contribution in [0.5, 0.6) is 11.5 Å². The highest BCUT2D eigenvalue weighted by molar-refractivity contribution is 5.88. The van der Waals surface area contributed by atoms with E-state index >= 15 is 0 Å². The smallest absolute Gasteiger partial charge is 0.338 e. The Morgan fingerprint density at radius 3 is 1.74 bits per heavy atom. The van der Waals surface area contributed by atoms with E-state index in [-0.39, 0.29) is 5.97 Å². The third-order valence-electron chi connectivity index (χ3n) is 4.19. The average molecular weight is 421 g/mol. The van der Waals surface area contributed by atoms with Crippen LogP contribution < -0.4 is 9.47 Å². The molecule has 0 spiro atoms. The Labute approximate surface area is 183 Å². The van der Waals surface area contributed by atoms with Gasteiger partial charge in [0, 0.05) is 11.1 Å². The van der Waals surface area contributed by atoms with Crippen LogP contribution in [0.1, 0.15) is 26.7 Å². The van der Waals surface area contributed by atoms with Gasteiger partial charge in [-0.3, -0.25) is 0 Å². The van der Waals surface area contributed by atoms with Gasteiger partial charge in [-0.05, 0) is 62.1 Å². The van der Waals surface area contributed by atoms with E-state index < -0.39 is 5.97 Å². The Balaban J connectivity index is 1.74. The van der Waals surface area contributed by atoms with Crippen LogP contribution in [0.2, 0.25) is 0 Å². The van der Waals surface area contributed by atoms with Crippen LogP contribution in [0.15, 0.2) is 85.0 Å². The van der Waals surface area contributed by atoms with Crippen molar-refractivity contribution in [3.8, 4) is 22.6 Å². The number of hydrogen-bond acceptors (Lipinski definition) is 5. The van der Waals surface area contributed by atoms with Crippen LogP contribution in [0.3, 0.4) is 0 Å². The van der Waals surface area contributed by atoms with E-state index in [1.807, 2.05) is 48.6 Å². The molecule has 2 rings (SSSR count). The van der Waals surface area contributed by atoms with E-state index in [9.17, 15) is 9.59 Å². The minimum atomic E-state index is -0.435. The summed E-state index contributed by atoms with van der Waals surface area (Å²) < 4.78 is 16.0. The Morgan fingerprint density at radius 1 is 0.742 bits per heavy atom. The van der Waals surface area contributed by atoms with Gasteiger partial charge < -0.3 is 14.2 Å². The summed E-state index contributed by atoms with van der Waals surface area (Å²) in [5.74, 6) is 0.482. The van der Waals surface area contributed by atoms with Crippen molar-refractivity contribution in [3.05, 3.63) is 85.0 Å². The topological polar surface area (TPSA) is 61.8 Å². The van der Waals surface area contributed by atoms with E-state index in [0.717, 1.165) is 23.3 Å². The summed E-state index contributed by atoms with van der Waals surface area (Å²) in [4.78, 5) is 22.8. The molecule has 0 saturated carbocycles. The summed E-state index contributed by atoms with van der Waals surface area (Å²) in [5.41, 5.74) is 2.81. The summed E-state index contributed by atoms with van der Waals surface area (Å²) in [6.45, 7) is 11.3. The highest BCUT2D eigenvalue weighted by atomic mass is 16.5. The minimum absolute atomic E-state index is 0.349. The van der Waals surface area contributed by atoms with Crippen molar-refractivity contribution in [2.45, 2.75) is 26.7 Å². The zero-order chi connectivity index (χ0) is 22.6. The highest BCUT2D eigenvalue weighted by Crippen LogP contribution is 2.25. The molecular formula is C26H28O5. The normalized spacial score (nSPS) is 10.5. The first-order valence-corrected chi connectivity index (χ1v) is 10.1. The molecule has 0 fully saturated rings. The maximum absolute atomic E-state index is 11.6. The molecule has 0 atom stereocenters. The Hall–Kier alpha value is -3.60. The molecule has 0 bridgehead atoms. The fourth-order valence-electron chi connectivity index (χ4n) is 2.48. The lowest BCUT2D eigenvalue weighted by Crippen LogP contribution is -2.07. The minimum Gasteiger partial charge on any atom is -0.493 e. The standard InChI is InChI=1S/C26H28O5/c1-19(2)25(27)30-18-8-6-5-7-17-29-23-13-9-21(10-14-23)22-11-15-24(16-12-22)31-26(28)20(3)4/h5-6,9-16H,1,3,7-8,17-18H2,2,4H3. The number of rotatable bonds is 11. The third-order valence-corrected chi connectivity index (χ3v) is 4.19. The van der Waals surface area contributed by atoms with Gasteiger partial charge in [-0.15, -0.1) is 0 Å². The van der Waals surface area contributed by atoms with Crippen LogP contribution in [0, 0.1) is 0 Å². The van der Waals surface area contributed by atoms with Gasteiger partial charge in [0.15, 0.2) is 0 Å². The Bertz CT molecular complexity index is 937. The van der Waals surface area contributed by atoms with E-state index in [4.69, 9.17) is 14.2 Å². The van der Waals surface area contributed by atoms with Crippen molar-refractivity contribution < 1.29 is 23.8 Å². The molecule has 5 nitrogen and oxygen atoms in total. The van der Waals surface area contributed by atoms with Crippen molar-refractivity contribution in [1.82, 2.24) is 0 Å². The monoisotopic (exact) mass is 420 g/mol. The fourth-order valence-corrected chi connectivity index (χ4v) is 2.48. The van der Waals surface area contributed by atoms with Crippen molar-refractivity contribution in [2.75, 3.05) is 13.2 Å². The van der Waals surface area contributed by atoms with Gasteiger partial charge in [-0.25, -0.2) is 9.59 Å². The van der Waals surface area contributed by atoms with Crippen LogP contribution in [-0.4, -0.2) is 25.2 Å². The second-order valence-electron chi connectivity index (χ2n) is 7.03. The lowest BCUT2D eigenvalue weighted by atomic mass is 10.1. The lowest BCUT2D eigenvalue weighted by molar-refractivity contribution is -0.138. The highest BCUT2D eigenvalue weighted by Gasteiger charge is 2.06. The molecule has 2 aromatic rings. The SMILES string of the molecule is C=C(C)C(=O)OCCC=CCCOc1ccc(-c2ccc(OC(=O)C(=C)C)cc2)cc1.